The van der Waals surface area contributed by atoms with Crippen LogP contribution in [0.1, 0.15) is 5.56 Å². The van der Waals surface area contributed by atoms with Gasteiger partial charge in [0.05, 0.1) is 41.4 Å². The number of piperazine rings is 1. The molecule has 34 heavy (non-hydrogen) atoms. The van der Waals surface area contributed by atoms with Crippen molar-refractivity contribution in [2.24, 2.45) is 0 Å². The van der Waals surface area contributed by atoms with Crippen molar-refractivity contribution < 1.29 is 13.9 Å². The lowest BCUT2D eigenvalue weighted by molar-refractivity contribution is -0.126. The van der Waals surface area contributed by atoms with E-state index in [1.54, 1.807) is 24.4 Å². The Bertz CT molecular complexity index is 1440. The number of carbonyl (C=O) groups is 1. The van der Waals surface area contributed by atoms with Gasteiger partial charge < -0.3 is 19.5 Å². The number of rotatable bonds is 4. The summed E-state index contributed by atoms with van der Waals surface area (Å²) in [5.41, 5.74) is 4.13. The number of nitrogens with zero attached hydrogens (tertiary/aromatic N) is 4. The molecule has 1 aliphatic heterocycles. The largest absolute Gasteiger partial charge is 0.493 e. The Morgan fingerprint density at radius 2 is 1.97 bits per heavy atom. The predicted molar refractivity (Wildman–Crippen MR) is 132 cm³/mol. The number of aryl methyl sites for hydroxylation is 1. The number of carbonyl (C=O) groups excluding carboxylic acids is 1. The number of benzene rings is 2. The number of ether oxygens (including phenoxy) is 1. The Morgan fingerprint density at radius 1 is 1.21 bits per heavy atom. The first-order valence-corrected chi connectivity index (χ1v) is 11.3. The van der Waals surface area contributed by atoms with Gasteiger partial charge >= 0.3 is 0 Å². The summed E-state index contributed by atoms with van der Waals surface area (Å²) in [6.45, 7) is 7.62. The fraction of sp³-hybridized carbons (Fsp3) is 0.240. The van der Waals surface area contributed by atoms with Crippen LogP contribution in [0.25, 0.3) is 33.1 Å². The maximum absolute atomic E-state index is 16.1. The zero-order valence-corrected chi connectivity index (χ0v) is 19.6. The number of hydrogen-bond donors (Lipinski definition) is 1. The van der Waals surface area contributed by atoms with Gasteiger partial charge in [0, 0.05) is 42.7 Å². The molecule has 0 spiro atoms. The monoisotopic (exact) mass is 479 g/mol. The summed E-state index contributed by atoms with van der Waals surface area (Å²) < 4.78 is 21.7. The average Bonchev–Trinajstić information content (AvgIpc) is 3.33. The van der Waals surface area contributed by atoms with E-state index in [2.05, 4.69) is 26.4 Å². The highest BCUT2D eigenvalue weighted by Crippen LogP contribution is 2.44. The van der Waals surface area contributed by atoms with Crippen molar-refractivity contribution in [1.29, 1.82) is 0 Å². The summed E-state index contributed by atoms with van der Waals surface area (Å²) in [4.78, 5) is 27.7. The molecule has 2 aromatic heterocycles. The second-order valence-corrected chi connectivity index (χ2v) is 8.60. The first-order valence-electron chi connectivity index (χ1n) is 10.9. The number of anilines is 1. The normalized spacial score (nSPS) is 14.1. The van der Waals surface area contributed by atoms with Crippen LogP contribution in [0, 0.1) is 12.7 Å². The Hall–Kier alpha value is -3.65. The summed E-state index contributed by atoms with van der Waals surface area (Å²) in [5, 5.41) is 0.821. The van der Waals surface area contributed by atoms with Crippen molar-refractivity contribution in [2.75, 3.05) is 38.2 Å². The van der Waals surface area contributed by atoms with Crippen molar-refractivity contribution in [1.82, 2.24) is 19.9 Å². The highest BCUT2D eigenvalue weighted by molar-refractivity contribution is 6.35. The molecule has 0 radical (unpaired) electrons. The van der Waals surface area contributed by atoms with Gasteiger partial charge in [-0.15, -0.1) is 0 Å². The molecule has 0 aliphatic carbocycles. The summed E-state index contributed by atoms with van der Waals surface area (Å²) >= 11 is 6.74. The van der Waals surface area contributed by atoms with Crippen molar-refractivity contribution in [3.05, 3.63) is 59.8 Å². The number of pyridine rings is 1. The Labute approximate surface area is 200 Å². The number of H-pyrrole nitrogens is 1. The second-order valence-electron chi connectivity index (χ2n) is 8.19. The molecule has 0 unspecified atom stereocenters. The Morgan fingerprint density at radius 3 is 2.68 bits per heavy atom. The lowest BCUT2D eigenvalue weighted by Crippen LogP contribution is -2.48. The molecule has 2 aromatic carbocycles. The molecule has 1 amide bonds. The van der Waals surface area contributed by atoms with Crippen molar-refractivity contribution in [3.8, 4) is 16.9 Å². The third kappa shape index (κ3) is 3.45. The number of imidazole rings is 1. The fourth-order valence-corrected chi connectivity index (χ4v) is 4.93. The van der Waals surface area contributed by atoms with Crippen LogP contribution in [-0.4, -0.2) is 59.0 Å². The second kappa shape index (κ2) is 8.61. The number of hydrogen-bond acceptors (Lipinski definition) is 5. The standard InChI is InChI=1S/C25H23ClFN5O2/c1-4-19(33)31-7-9-32(10-8-31)25-15-11-16(26)21(22(27)23(15)28-12-18(25)34-3)20-14(2)5-6-17-24(20)30-13-29-17/h4-6,11-13H,1,7-10H2,2-3H3,(H,29,30). The lowest BCUT2D eigenvalue weighted by Gasteiger charge is -2.36. The minimum Gasteiger partial charge on any atom is -0.493 e. The van der Waals surface area contributed by atoms with E-state index in [0.717, 1.165) is 11.1 Å². The van der Waals surface area contributed by atoms with Crippen molar-refractivity contribution in [3.63, 3.8) is 0 Å². The van der Waals surface area contributed by atoms with Crippen LogP contribution in [0.3, 0.4) is 0 Å². The molecule has 7 nitrogen and oxygen atoms in total. The third-order valence-corrected chi connectivity index (χ3v) is 6.64. The van der Waals surface area contributed by atoms with Gasteiger partial charge in [-0.3, -0.25) is 4.79 Å². The van der Waals surface area contributed by atoms with Gasteiger partial charge in [-0.2, -0.15) is 0 Å². The van der Waals surface area contributed by atoms with Crippen LogP contribution in [0.4, 0.5) is 10.1 Å². The summed E-state index contributed by atoms with van der Waals surface area (Å²) in [6, 6.07) is 5.56. The molecule has 3 heterocycles. The zero-order chi connectivity index (χ0) is 24.0. The Kier molecular flexibility index (Phi) is 5.61. The zero-order valence-electron chi connectivity index (χ0n) is 18.9. The van der Waals surface area contributed by atoms with E-state index >= 15 is 4.39 Å². The van der Waals surface area contributed by atoms with Crippen molar-refractivity contribution >= 4 is 45.1 Å². The number of aromatic nitrogens is 3. The Balaban J connectivity index is 1.68. The minimum absolute atomic E-state index is 0.104. The van der Waals surface area contributed by atoms with E-state index in [4.69, 9.17) is 16.3 Å². The number of amides is 1. The van der Waals surface area contributed by atoms with E-state index in [9.17, 15) is 4.79 Å². The van der Waals surface area contributed by atoms with E-state index in [1.807, 2.05) is 19.1 Å². The van der Waals surface area contributed by atoms with Crippen molar-refractivity contribution in [2.45, 2.75) is 6.92 Å². The molecule has 1 aliphatic rings. The summed E-state index contributed by atoms with van der Waals surface area (Å²) in [7, 11) is 1.55. The number of nitrogens with one attached hydrogen (secondary N) is 1. The highest BCUT2D eigenvalue weighted by atomic mass is 35.5. The molecular formula is C25H23ClFN5O2. The maximum atomic E-state index is 16.1. The first-order chi connectivity index (χ1) is 16.4. The first kappa shape index (κ1) is 22.2. The van der Waals surface area contributed by atoms with Crippen LogP contribution >= 0.6 is 11.6 Å². The van der Waals surface area contributed by atoms with Crippen LogP contribution in [0.15, 0.2) is 43.4 Å². The smallest absolute Gasteiger partial charge is 0.246 e. The van der Waals surface area contributed by atoms with E-state index in [-0.39, 0.29) is 22.0 Å². The molecule has 0 bridgehead atoms. The quantitative estimate of drug-likeness (QED) is 0.429. The van der Waals surface area contributed by atoms with Crippen LogP contribution in [0.5, 0.6) is 5.75 Å². The van der Waals surface area contributed by atoms with E-state index in [1.165, 1.54) is 12.3 Å². The molecular weight excluding hydrogens is 457 g/mol. The lowest BCUT2D eigenvalue weighted by atomic mass is 9.96. The molecule has 1 N–H and O–H groups in total. The van der Waals surface area contributed by atoms with Gasteiger partial charge in [0.25, 0.3) is 0 Å². The van der Waals surface area contributed by atoms with Gasteiger partial charge in [-0.05, 0) is 30.7 Å². The molecule has 4 aromatic rings. The van der Waals surface area contributed by atoms with Crippen LogP contribution in [-0.2, 0) is 4.79 Å². The molecule has 1 saturated heterocycles. The number of halogens is 2. The van der Waals surface area contributed by atoms with Crippen LogP contribution < -0.4 is 9.64 Å². The van der Waals surface area contributed by atoms with Gasteiger partial charge in [-0.1, -0.05) is 24.2 Å². The molecule has 5 rings (SSSR count). The molecule has 0 saturated carbocycles. The van der Waals surface area contributed by atoms with Crippen LogP contribution in [0.2, 0.25) is 5.02 Å². The minimum atomic E-state index is -0.509. The predicted octanol–water partition coefficient (Wildman–Crippen LogP) is 4.72. The summed E-state index contributed by atoms with van der Waals surface area (Å²) in [6.07, 6.45) is 4.43. The fourth-order valence-electron chi connectivity index (χ4n) is 4.64. The molecule has 0 atom stereocenters. The molecule has 174 valence electrons. The average molecular weight is 480 g/mol. The van der Waals surface area contributed by atoms with E-state index in [0.29, 0.717) is 54.1 Å². The highest BCUT2D eigenvalue weighted by Gasteiger charge is 2.27. The SMILES string of the molecule is C=CC(=O)N1CCN(c2c(OC)cnc3c(F)c(-c4c(C)ccc5[nH]cnc45)c(Cl)cc23)CC1. The number of methoxy groups -OCH3 is 1. The van der Waals surface area contributed by atoms with Gasteiger partial charge in [-0.25, -0.2) is 14.4 Å². The molecule has 1 fully saturated rings. The van der Waals surface area contributed by atoms with E-state index < -0.39 is 5.82 Å². The maximum Gasteiger partial charge on any atom is 0.246 e. The number of aromatic amines is 1. The summed E-state index contributed by atoms with van der Waals surface area (Å²) in [5.74, 6) is -0.0943. The number of fused-ring (bicyclic) bond motifs is 2. The van der Waals surface area contributed by atoms with Gasteiger partial charge in [0.15, 0.2) is 11.6 Å². The molecule has 9 heteroatoms. The van der Waals surface area contributed by atoms with Gasteiger partial charge in [0.2, 0.25) is 5.91 Å². The third-order valence-electron chi connectivity index (χ3n) is 6.34. The topological polar surface area (TPSA) is 74.3 Å². The van der Waals surface area contributed by atoms with Gasteiger partial charge in [0.1, 0.15) is 5.52 Å².